The van der Waals surface area contributed by atoms with Crippen LogP contribution in [0.25, 0.3) is 0 Å². The van der Waals surface area contributed by atoms with Crippen LogP contribution in [0, 0.1) is 11.8 Å². The Balaban J connectivity index is 2.23. The number of esters is 1. The third-order valence-corrected chi connectivity index (χ3v) is 4.01. The third kappa shape index (κ3) is 3.35. The summed E-state index contributed by atoms with van der Waals surface area (Å²) in [7, 11) is 1.37. The van der Waals surface area contributed by atoms with E-state index in [4.69, 9.17) is 4.74 Å². The standard InChI is InChI=1S/C14H19NO3S/c1-8(2)6-10-7-19-13(11(10)14(17)18-3)15-12(16)9-4-5-9/h7-9H,4-6H2,1-3H3,(H,15,16). The molecule has 1 aromatic rings. The monoisotopic (exact) mass is 281 g/mol. The molecule has 104 valence electrons. The number of thiophene rings is 1. The predicted octanol–water partition coefficient (Wildman–Crippen LogP) is 3.08. The Bertz CT molecular complexity index is 489. The minimum atomic E-state index is -0.372. The molecule has 0 aliphatic heterocycles. The summed E-state index contributed by atoms with van der Waals surface area (Å²) >= 11 is 1.40. The number of nitrogens with one attached hydrogen (secondary N) is 1. The van der Waals surface area contributed by atoms with E-state index < -0.39 is 0 Å². The van der Waals surface area contributed by atoms with Crippen molar-refractivity contribution in [1.82, 2.24) is 0 Å². The van der Waals surface area contributed by atoms with Crippen molar-refractivity contribution in [2.24, 2.45) is 11.8 Å². The first-order valence-electron chi connectivity index (χ1n) is 6.52. The number of carbonyl (C=O) groups excluding carboxylic acids is 2. The summed E-state index contributed by atoms with van der Waals surface area (Å²) in [5.41, 5.74) is 1.48. The molecule has 1 saturated carbocycles. The maximum absolute atomic E-state index is 11.9. The molecular formula is C14H19NO3S. The molecule has 0 spiro atoms. The van der Waals surface area contributed by atoms with Gasteiger partial charge in [0, 0.05) is 5.92 Å². The highest BCUT2D eigenvalue weighted by Gasteiger charge is 2.31. The average molecular weight is 281 g/mol. The second-order valence-corrected chi connectivity index (χ2v) is 6.20. The lowest BCUT2D eigenvalue weighted by molar-refractivity contribution is -0.117. The van der Waals surface area contributed by atoms with Crippen molar-refractivity contribution in [3.05, 3.63) is 16.5 Å². The van der Waals surface area contributed by atoms with Gasteiger partial charge in [-0.1, -0.05) is 13.8 Å². The van der Waals surface area contributed by atoms with E-state index in [1.807, 2.05) is 5.38 Å². The molecule has 0 bridgehead atoms. The molecule has 0 atom stereocenters. The zero-order chi connectivity index (χ0) is 14.0. The van der Waals surface area contributed by atoms with Crippen LogP contribution in [0.1, 0.15) is 42.6 Å². The summed E-state index contributed by atoms with van der Waals surface area (Å²) in [4.78, 5) is 23.7. The van der Waals surface area contributed by atoms with E-state index in [0.29, 0.717) is 16.5 Å². The van der Waals surface area contributed by atoms with Crippen molar-refractivity contribution in [2.45, 2.75) is 33.1 Å². The molecular weight excluding hydrogens is 262 g/mol. The van der Waals surface area contributed by atoms with Crippen LogP contribution in [0.3, 0.4) is 0 Å². The van der Waals surface area contributed by atoms with Gasteiger partial charge in [-0.3, -0.25) is 4.79 Å². The highest BCUT2D eigenvalue weighted by Crippen LogP contribution is 2.34. The summed E-state index contributed by atoms with van der Waals surface area (Å²) in [6.45, 7) is 4.20. The molecule has 5 heteroatoms. The maximum atomic E-state index is 11.9. The van der Waals surface area contributed by atoms with Crippen LogP contribution in [0.4, 0.5) is 5.00 Å². The molecule has 1 N–H and O–H groups in total. The fraction of sp³-hybridized carbons (Fsp3) is 0.571. The van der Waals surface area contributed by atoms with Crippen molar-refractivity contribution < 1.29 is 14.3 Å². The van der Waals surface area contributed by atoms with Gasteiger partial charge in [0.15, 0.2) is 0 Å². The highest BCUT2D eigenvalue weighted by atomic mass is 32.1. The first-order valence-corrected chi connectivity index (χ1v) is 7.40. The van der Waals surface area contributed by atoms with E-state index in [0.717, 1.165) is 24.8 Å². The highest BCUT2D eigenvalue weighted by molar-refractivity contribution is 7.15. The van der Waals surface area contributed by atoms with Gasteiger partial charge < -0.3 is 10.1 Å². The average Bonchev–Trinajstić information content (AvgIpc) is 3.13. The van der Waals surface area contributed by atoms with E-state index in [1.54, 1.807) is 0 Å². The van der Waals surface area contributed by atoms with Crippen LogP contribution in [-0.4, -0.2) is 19.0 Å². The van der Waals surface area contributed by atoms with Crippen molar-refractivity contribution in [3.63, 3.8) is 0 Å². The molecule has 0 saturated heterocycles. The molecule has 0 unspecified atom stereocenters. The first kappa shape index (κ1) is 14.1. The lowest BCUT2D eigenvalue weighted by Gasteiger charge is -2.08. The van der Waals surface area contributed by atoms with Gasteiger partial charge in [-0.15, -0.1) is 11.3 Å². The van der Waals surface area contributed by atoms with E-state index in [2.05, 4.69) is 19.2 Å². The molecule has 1 aliphatic carbocycles. The van der Waals surface area contributed by atoms with Gasteiger partial charge in [0.05, 0.1) is 12.7 Å². The zero-order valence-electron chi connectivity index (χ0n) is 11.5. The van der Waals surface area contributed by atoms with Gasteiger partial charge in [0.2, 0.25) is 5.91 Å². The molecule has 1 aromatic heterocycles. The van der Waals surface area contributed by atoms with E-state index in [9.17, 15) is 9.59 Å². The smallest absolute Gasteiger partial charge is 0.341 e. The molecule has 1 fully saturated rings. The van der Waals surface area contributed by atoms with Crippen molar-refractivity contribution in [2.75, 3.05) is 12.4 Å². The number of hydrogen-bond acceptors (Lipinski definition) is 4. The van der Waals surface area contributed by atoms with Crippen LogP contribution in [-0.2, 0) is 16.0 Å². The number of hydrogen-bond donors (Lipinski definition) is 1. The third-order valence-electron chi connectivity index (χ3n) is 3.07. The Labute approximate surface area is 117 Å². The molecule has 19 heavy (non-hydrogen) atoms. The Morgan fingerprint density at radius 2 is 2.16 bits per heavy atom. The Kier molecular flexibility index (Phi) is 4.24. The molecule has 1 aliphatic rings. The van der Waals surface area contributed by atoms with Gasteiger partial charge in [-0.2, -0.15) is 0 Å². The van der Waals surface area contributed by atoms with E-state index in [-0.39, 0.29) is 17.8 Å². The number of amides is 1. The normalized spacial score (nSPS) is 14.5. The van der Waals surface area contributed by atoms with Crippen LogP contribution < -0.4 is 5.32 Å². The van der Waals surface area contributed by atoms with Gasteiger partial charge in [-0.05, 0) is 36.1 Å². The quantitative estimate of drug-likeness (QED) is 0.844. The van der Waals surface area contributed by atoms with Crippen LogP contribution in [0.5, 0.6) is 0 Å². The van der Waals surface area contributed by atoms with Gasteiger partial charge in [0.1, 0.15) is 5.00 Å². The number of rotatable bonds is 5. The second kappa shape index (κ2) is 5.74. The second-order valence-electron chi connectivity index (χ2n) is 5.32. The van der Waals surface area contributed by atoms with Crippen LogP contribution in [0.2, 0.25) is 0 Å². The fourth-order valence-corrected chi connectivity index (χ4v) is 2.93. The largest absolute Gasteiger partial charge is 0.465 e. The first-order chi connectivity index (χ1) is 9.02. The lowest BCUT2D eigenvalue weighted by Crippen LogP contribution is -2.16. The lowest BCUT2D eigenvalue weighted by atomic mass is 10.0. The summed E-state index contributed by atoms with van der Waals surface area (Å²) in [5.74, 6) is 0.220. The summed E-state index contributed by atoms with van der Waals surface area (Å²) in [6, 6.07) is 0. The Hall–Kier alpha value is -1.36. The minimum Gasteiger partial charge on any atom is -0.465 e. The van der Waals surface area contributed by atoms with E-state index in [1.165, 1.54) is 18.4 Å². The summed E-state index contributed by atoms with van der Waals surface area (Å²) < 4.78 is 4.83. The topological polar surface area (TPSA) is 55.4 Å². The van der Waals surface area contributed by atoms with Crippen molar-refractivity contribution >= 4 is 28.2 Å². The number of anilines is 1. The zero-order valence-corrected chi connectivity index (χ0v) is 12.3. The molecule has 1 heterocycles. The fourth-order valence-electron chi connectivity index (χ4n) is 1.96. The maximum Gasteiger partial charge on any atom is 0.341 e. The number of methoxy groups -OCH3 is 1. The number of carbonyl (C=O) groups is 2. The predicted molar refractivity (Wildman–Crippen MR) is 75.6 cm³/mol. The van der Waals surface area contributed by atoms with Crippen LogP contribution in [0.15, 0.2) is 5.38 Å². The van der Waals surface area contributed by atoms with Gasteiger partial charge >= 0.3 is 5.97 Å². The summed E-state index contributed by atoms with van der Waals surface area (Å²) in [5, 5.41) is 5.42. The van der Waals surface area contributed by atoms with Crippen molar-refractivity contribution in [1.29, 1.82) is 0 Å². The molecule has 2 rings (SSSR count). The SMILES string of the molecule is COC(=O)c1c(CC(C)C)csc1NC(=O)C1CC1. The van der Waals surface area contributed by atoms with Gasteiger partial charge in [-0.25, -0.2) is 4.79 Å². The minimum absolute atomic E-state index is 0.0168. The molecule has 0 radical (unpaired) electrons. The molecule has 1 amide bonds. The van der Waals surface area contributed by atoms with Gasteiger partial charge in [0.25, 0.3) is 0 Å². The molecule has 4 nitrogen and oxygen atoms in total. The molecule has 0 aromatic carbocycles. The van der Waals surface area contributed by atoms with Crippen LogP contribution >= 0.6 is 11.3 Å². The Morgan fingerprint density at radius 1 is 1.47 bits per heavy atom. The van der Waals surface area contributed by atoms with Crippen molar-refractivity contribution in [3.8, 4) is 0 Å². The Morgan fingerprint density at radius 3 is 2.68 bits per heavy atom. The number of ether oxygens (including phenoxy) is 1. The summed E-state index contributed by atoms with van der Waals surface area (Å²) in [6.07, 6.45) is 2.70. The van der Waals surface area contributed by atoms with E-state index >= 15 is 0 Å².